The lowest BCUT2D eigenvalue weighted by atomic mass is 10.1. The Bertz CT molecular complexity index is 704. The molecule has 0 saturated heterocycles. The fraction of sp³-hybridized carbons (Fsp3) is 0.188. The van der Waals surface area contributed by atoms with Crippen LogP contribution in [0.15, 0.2) is 42.5 Å². The number of carbonyl (C=O) groups excluding carboxylic acids is 1. The number of hydrogen-bond acceptors (Lipinski definition) is 3. The summed E-state index contributed by atoms with van der Waals surface area (Å²) in [6, 6.07) is 11.4. The largest absolute Gasteiger partial charge is 0.379 e. The summed E-state index contributed by atoms with van der Waals surface area (Å²) in [5.41, 5.74) is 1.50. The van der Waals surface area contributed by atoms with Crippen LogP contribution in [-0.2, 0) is 17.3 Å². The minimum absolute atomic E-state index is 0.100. The smallest absolute Gasteiger partial charge is 0.175 e. The van der Waals surface area contributed by atoms with E-state index >= 15 is 0 Å². The quantitative estimate of drug-likeness (QED) is 0.817. The van der Waals surface area contributed by atoms with Crippen molar-refractivity contribution < 1.29 is 13.4 Å². The van der Waals surface area contributed by atoms with Crippen LogP contribution in [0.4, 0.5) is 10.1 Å². The Balaban J connectivity index is 2.05. The number of ketones is 1. The van der Waals surface area contributed by atoms with Gasteiger partial charge in [0.25, 0.3) is 0 Å². The number of nitrogens with one attached hydrogen (secondary N) is 1. The summed E-state index contributed by atoms with van der Waals surface area (Å²) in [4.78, 5) is 11.7. The molecule has 2 aromatic rings. The van der Waals surface area contributed by atoms with Crippen molar-refractivity contribution in [3.8, 4) is 0 Å². The van der Waals surface area contributed by atoms with Crippen molar-refractivity contribution in [2.75, 3.05) is 17.3 Å². The zero-order chi connectivity index (χ0) is 16.1. The first-order valence-electron chi connectivity index (χ1n) is 6.57. The lowest BCUT2D eigenvalue weighted by molar-refractivity contribution is 0.102. The predicted octanol–water partition coefficient (Wildman–Crippen LogP) is 3.65. The highest BCUT2D eigenvalue weighted by Crippen LogP contribution is 2.18. The Morgan fingerprint density at radius 1 is 1.23 bits per heavy atom. The van der Waals surface area contributed by atoms with Crippen LogP contribution >= 0.6 is 11.6 Å². The van der Waals surface area contributed by atoms with Crippen molar-refractivity contribution in [3.63, 3.8) is 0 Å². The number of carbonyl (C=O) groups is 1. The van der Waals surface area contributed by atoms with Gasteiger partial charge in [-0.2, -0.15) is 0 Å². The first-order chi connectivity index (χ1) is 10.5. The normalized spacial score (nSPS) is 12.0. The molecular weight excluding hydrogens is 325 g/mol. The summed E-state index contributed by atoms with van der Waals surface area (Å²) in [7, 11) is -1.24. The van der Waals surface area contributed by atoms with Crippen molar-refractivity contribution in [1.29, 1.82) is 0 Å². The summed E-state index contributed by atoms with van der Waals surface area (Å²) >= 11 is 5.80. The molecule has 2 aromatic carbocycles. The minimum Gasteiger partial charge on any atom is -0.379 e. The van der Waals surface area contributed by atoms with Crippen molar-refractivity contribution >= 4 is 33.9 Å². The van der Waals surface area contributed by atoms with Crippen molar-refractivity contribution in [1.82, 2.24) is 0 Å². The molecule has 1 atom stereocenters. The predicted molar refractivity (Wildman–Crippen MR) is 88.4 cm³/mol. The molecule has 3 nitrogen and oxygen atoms in total. The fourth-order valence-electron chi connectivity index (χ4n) is 1.90. The van der Waals surface area contributed by atoms with Crippen LogP contribution in [0.1, 0.15) is 15.9 Å². The summed E-state index contributed by atoms with van der Waals surface area (Å²) in [5.74, 6) is -0.942. The first kappa shape index (κ1) is 16.6. The summed E-state index contributed by atoms with van der Waals surface area (Å²) in [6.45, 7) is 0.445. The highest BCUT2D eigenvalue weighted by molar-refractivity contribution is 7.85. The van der Waals surface area contributed by atoms with Crippen LogP contribution in [0.2, 0.25) is 5.02 Å². The van der Waals surface area contributed by atoms with Crippen LogP contribution in [0.5, 0.6) is 0 Å². The van der Waals surface area contributed by atoms with Gasteiger partial charge in [-0.3, -0.25) is 9.00 Å². The Morgan fingerprint density at radius 2 is 1.91 bits per heavy atom. The van der Waals surface area contributed by atoms with E-state index in [2.05, 4.69) is 5.32 Å². The van der Waals surface area contributed by atoms with Crippen LogP contribution in [-0.4, -0.2) is 22.0 Å². The van der Waals surface area contributed by atoms with Gasteiger partial charge in [0.15, 0.2) is 5.78 Å². The van der Waals surface area contributed by atoms with Gasteiger partial charge in [0.05, 0.1) is 11.4 Å². The second-order valence-electron chi connectivity index (χ2n) is 4.82. The van der Waals surface area contributed by atoms with E-state index in [9.17, 15) is 13.4 Å². The molecule has 0 radical (unpaired) electrons. The van der Waals surface area contributed by atoms with Gasteiger partial charge >= 0.3 is 0 Å². The van der Waals surface area contributed by atoms with E-state index in [0.717, 1.165) is 5.56 Å². The monoisotopic (exact) mass is 339 g/mol. The second kappa shape index (κ2) is 7.51. The molecule has 0 aliphatic carbocycles. The molecule has 0 bridgehead atoms. The molecule has 2 rings (SSSR count). The van der Waals surface area contributed by atoms with E-state index < -0.39 is 16.6 Å². The molecular formula is C16H15ClFNO2S. The molecule has 0 aliphatic heterocycles. The van der Waals surface area contributed by atoms with Gasteiger partial charge in [0.2, 0.25) is 0 Å². The highest BCUT2D eigenvalue weighted by atomic mass is 35.5. The summed E-state index contributed by atoms with van der Waals surface area (Å²) in [6.07, 6.45) is 1.44. The van der Waals surface area contributed by atoms with Gasteiger partial charge in [-0.05, 0) is 35.9 Å². The molecule has 0 amide bonds. The molecule has 0 fully saturated rings. The summed E-state index contributed by atoms with van der Waals surface area (Å²) < 4.78 is 25.0. The Morgan fingerprint density at radius 3 is 2.50 bits per heavy atom. The highest BCUT2D eigenvalue weighted by Gasteiger charge is 2.11. The second-order valence-corrected chi connectivity index (χ2v) is 6.69. The van der Waals surface area contributed by atoms with Crippen molar-refractivity contribution in [3.05, 3.63) is 64.4 Å². The van der Waals surface area contributed by atoms with Gasteiger partial charge in [0.1, 0.15) is 5.82 Å². The van der Waals surface area contributed by atoms with Gasteiger partial charge in [-0.15, -0.1) is 0 Å². The lowest BCUT2D eigenvalue weighted by Gasteiger charge is -2.09. The number of anilines is 1. The molecule has 0 spiro atoms. The van der Waals surface area contributed by atoms with Crippen LogP contribution in [0, 0.1) is 5.82 Å². The lowest BCUT2D eigenvalue weighted by Crippen LogP contribution is -2.10. The number of halogens is 2. The standard InChI is InChI=1S/C16H15ClFNO2S/c1-22(21)10-16(20)12-4-7-15(14(18)8-12)19-9-11-2-5-13(17)6-3-11/h2-8,19H,9-10H2,1H3. The molecule has 6 heteroatoms. The Kier molecular flexibility index (Phi) is 5.69. The molecule has 116 valence electrons. The zero-order valence-corrected chi connectivity index (χ0v) is 13.5. The number of rotatable bonds is 6. The van der Waals surface area contributed by atoms with E-state index in [1.807, 2.05) is 12.1 Å². The number of Topliss-reactive ketones (excluding diaryl/α,β-unsaturated/α-hetero) is 1. The maximum absolute atomic E-state index is 14.0. The maximum Gasteiger partial charge on any atom is 0.175 e. The van der Waals surface area contributed by atoms with E-state index in [1.165, 1.54) is 24.5 Å². The zero-order valence-electron chi connectivity index (χ0n) is 11.9. The average molecular weight is 340 g/mol. The maximum atomic E-state index is 14.0. The minimum atomic E-state index is -1.24. The SMILES string of the molecule is CS(=O)CC(=O)c1ccc(NCc2ccc(Cl)cc2)c(F)c1. The first-order valence-corrected chi connectivity index (χ1v) is 8.67. The van der Waals surface area contributed by atoms with Crippen LogP contribution in [0.25, 0.3) is 0 Å². The van der Waals surface area contributed by atoms with Crippen LogP contribution < -0.4 is 5.32 Å². The van der Waals surface area contributed by atoms with Gasteiger partial charge in [-0.25, -0.2) is 4.39 Å². The van der Waals surface area contributed by atoms with E-state index in [-0.39, 0.29) is 17.1 Å². The third-order valence-corrected chi connectivity index (χ3v) is 3.94. The summed E-state index contributed by atoms with van der Waals surface area (Å²) in [5, 5.41) is 3.61. The van der Waals surface area contributed by atoms with Gasteiger partial charge < -0.3 is 5.32 Å². The molecule has 22 heavy (non-hydrogen) atoms. The van der Waals surface area contributed by atoms with E-state index in [4.69, 9.17) is 11.6 Å². The molecule has 0 saturated carbocycles. The number of hydrogen-bond donors (Lipinski definition) is 1. The molecule has 0 aromatic heterocycles. The molecule has 1 N–H and O–H groups in total. The third-order valence-electron chi connectivity index (χ3n) is 3.02. The van der Waals surface area contributed by atoms with Crippen molar-refractivity contribution in [2.45, 2.75) is 6.54 Å². The number of benzene rings is 2. The van der Waals surface area contributed by atoms with E-state index in [0.29, 0.717) is 17.3 Å². The van der Waals surface area contributed by atoms with E-state index in [1.54, 1.807) is 12.1 Å². The van der Waals surface area contributed by atoms with Gasteiger partial charge in [-0.1, -0.05) is 23.7 Å². The molecule has 0 heterocycles. The van der Waals surface area contributed by atoms with Gasteiger partial charge in [0, 0.05) is 34.2 Å². The molecule has 1 unspecified atom stereocenters. The Labute approximate surface area is 136 Å². The third kappa shape index (κ3) is 4.64. The average Bonchev–Trinajstić information content (AvgIpc) is 2.47. The fourth-order valence-corrected chi connectivity index (χ4v) is 2.56. The Hall–Kier alpha value is -1.72. The van der Waals surface area contributed by atoms with Crippen molar-refractivity contribution in [2.24, 2.45) is 0 Å². The van der Waals surface area contributed by atoms with Crippen LogP contribution in [0.3, 0.4) is 0 Å². The topological polar surface area (TPSA) is 46.2 Å². The molecule has 0 aliphatic rings.